The number of nitrogens with zero attached hydrogens (tertiary/aromatic N) is 2. The molecule has 0 radical (unpaired) electrons. The SMILES string of the molecule is C[n+]1c(-c2cccc(C(=O)NCCC(=O)NC(CCCN=C(N)N)C(=O)O)c2)c2cc(N)ccc2c2ccc(N)cc21. The Labute approximate surface area is 242 Å². The summed E-state index contributed by atoms with van der Waals surface area (Å²) >= 11 is 0. The van der Waals surface area contributed by atoms with Crippen LogP contribution in [0, 0.1) is 0 Å². The second-order valence-corrected chi connectivity index (χ2v) is 9.98. The number of aliphatic imine (C=N–C) groups is 1. The molecule has 12 nitrogen and oxygen atoms in total. The smallest absolute Gasteiger partial charge is 0.326 e. The van der Waals surface area contributed by atoms with Crippen LogP contribution in [0.3, 0.4) is 0 Å². The third-order valence-electron chi connectivity index (χ3n) is 6.92. The Bertz CT molecular complexity index is 1700. The number of nitrogens with two attached hydrogens (primary N) is 4. The summed E-state index contributed by atoms with van der Waals surface area (Å²) in [4.78, 5) is 40.7. The lowest BCUT2D eigenvalue weighted by Gasteiger charge is -2.14. The van der Waals surface area contributed by atoms with Crippen molar-refractivity contribution in [2.24, 2.45) is 23.5 Å². The van der Waals surface area contributed by atoms with Gasteiger partial charge in [0, 0.05) is 53.5 Å². The Balaban J connectivity index is 1.48. The number of carbonyl (C=O) groups excluding carboxylic acids is 2. The molecular weight excluding hydrogens is 536 g/mol. The predicted octanol–water partition coefficient (Wildman–Crippen LogP) is 1.39. The summed E-state index contributed by atoms with van der Waals surface area (Å²) in [6, 6.07) is 17.6. The molecule has 4 rings (SSSR count). The maximum atomic E-state index is 13.0. The van der Waals surface area contributed by atoms with E-state index in [1.807, 2.05) is 54.1 Å². The number of amides is 2. The van der Waals surface area contributed by atoms with Gasteiger partial charge in [0.25, 0.3) is 5.91 Å². The first-order chi connectivity index (χ1) is 20.0. The van der Waals surface area contributed by atoms with E-state index in [9.17, 15) is 19.5 Å². The molecule has 0 bridgehead atoms. The van der Waals surface area contributed by atoms with Crippen molar-refractivity contribution in [1.82, 2.24) is 10.6 Å². The topological polar surface area (TPSA) is 216 Å². The lowest BCUT2D eigenvalue weighted by atomic mass is 9.97. The summed E-state index contributed by atoms with van der Waals surface area (Å²) < 4.78 is 2.03. The molecule has 1 unspecified atom stereocenters. The molecule has 12 heteroatoms. The van der Waals surface area contributed by atoms with Crippen LogP contribution in [0.5, 0.6) is 0 Å². The highest BCUT2D eigenvalue weighted by Gasteiger charge is 2.23. The first-order valence-corrected chi connectivity index (χ1v) is 13.4. The largest absolute Gasteiger partial charge is 0.480 e. The van der Waals surface area contributed by atoms with Crippen LogP contribution >= 0.6 is 0 Å². The predicted molar refractivity (Wildman–Crippen MR) is 163 cm³/mol. The van der Waals surface area contributed by atoms with E-state index in [1.165, 1.54) is 0 Å². The summed E-state index contributed by atoms with van der Waals surface area (Å²) in [5.41, 5.74) is 27.0. The van der Waals surface area contributed by atoms with Crippen molar-refractivity contribution in [3.05, 3.63) is 66.2 Å². The van der Waals surface area contributed by atoms with Gasteiger partial charge in [0.05, 0.1) is 10.8 Å². The van der Waals surface area contributed by atoms with Gasteiger partial charge in [-0.1, -0.05) is 12.1 Å². The number of carboxylic acid groups (broad SMARTS) is 1. The van der Waals surface area contributed by atoms with Gasteiger partial charge in [-0.25, -0.2) is 4.79 Å². The van der Waals surface area contributed by atoms with Crippen molar-refractivity contribution in [3.63, 3.8) is 0 Å². The Morgan fingerprint density at radius 1 is 0.952 bits per heavy atom. The van der Waals surface area contributed by atoms with Crippen LogP contribution in [0.2, 0.25) is 0 Å². The summed E-state index contributed by atoms with van der Waals surface area (Å²) in [5, 5.41) is 17.6. The Morgan fingerprint density at radius 2 is 1.67 bits per heavy atom. The zero-order valence-electron chi connectivity index (χ0n) is 23.3. The fraction of sp³-hybridized carbons (Fsp3) is 0.233. The number of rotatable bonds is 11. The first kappa shape index (κ1) is 29.6. The molecule has 0 aliphatic carbocycles. The van der Waals surface area contributed by atoms with Gasteiger partial charge < -0.3 is 38.7 Å². The summed E-state index contributed by atoms with van der Waals surface area (Å²) in [7, 11) is 1.94. The maximum absolute atomic E-state index is 13.0. The second kappa shape index (κ2) is 12.9. The Hall–Kier alpha value is -5.39. The van der Waals surface area contributed by atoms with E-state index >= 15 is 0 Å². The number of carboxylic acids is 1. The molecule has 0 aliphatic heterocycles. The number of pyridine rings is 1. The molecule has 1 atom stereocenters. The van der Waals surface area contributed by atoms with E-state index in [2.05, 4.69) is 15.6 Å². The number of benzene rings is 3. The number of nitrogen functional groups attached to an aromatic ring is 2. The quantitative estimate of drug-likeness (QED) is 0.0348. The second-order valence-electron chi connectivity index (χ2n) is 9.98. The molecule has 1 heterocycles. The van der Waals surface area contributed by atoms with Crippen molar-refractivity contribution < 1.29 is 24.1 Å². The van der Waals surface area contributed by atoms with Crippen LogP contribution in [0.1, 0.15) is 29.6 Å². The van der Waals surface area contributed by atoms with Crippen LogP contribution in [-0.2, 0) is 16.6 Å². The highest BCUT2D eigenvalue weighted by atomic mass is 16.4. The number of hydrogen-bond donors (Lipinski definition) is 7. The third kappa shape index (κ3) is 6.84. The molecule has 1 aromatic heterocycles. The van der Waals surface area contributed by atoms with Crippen molar-refractivity contribution in [2.45, 2.75) is 25.3 Å². The number of hydrogen-bond acceptors (Lipinski definition) is 6. The number of nitrogens with one attached hydrogen (secondary N) is 2. The van der Waals surface area contributed by atoms with Gasteiger partial charge in [-0.2, -0.15) is 4.57 Å². The molecule has 0 saturated heterocycles. The zero-order chi connectivity index (χ0) is 30.4. The minimum Gasteiger partial charge on any atom is -0.480 e. The molecule has 218 valence electrons. The molecule has 0 saturated carbocycles. The van der Waals surface area contributed by atoms with E-state index in [0.29, 0.717) is 23.4 Å². The molecular formula is C30H35N8O4+. The summed E-state index contributed by atoms with van der Waals surface area (Å²) in [6.07, 6.45) is 0.455. The number of carbonyl (C=O) groups is 3. The number of aromatic nitrogens is 1. The average Bonchev–Trinajstić information content (AvgIpc) is 2.94. The van der Waals surface area contributed by atoms with E-state index in [0.717, 1.165) is 32.9 Å². The van der Waals surface area contributed by atoms with Gasteiger partial charge in [0.2, 0.25) is 17.1 Å². The number of aliphatic carboxylic acids is 1. The molecule has 42 heavy (non-hydrogen) atoms. The standard InChI is InChI=1S/C30H34N8O4/c1-38-25-16-20(32)8-10-22(25)21-9-7-19(31)15-23(21)27(38)17-4-2-5-18(14-17)28(40)35-13-11-26(39)37-24(29(41)42)6-3-12-36-30(33)34/h2,4-5,7-10,14-16,24,32H,3,6,11-13,31H2,1H3,(H7,33,34,35,36,37,39,40,41,42)/p+1. The number of anilines is 2. The maximum Gasteiger partial charge on any atom is 0.326 e. The average molecular weight is 572 g/mol. The van der Waals surface area contributed by atoms with Crippen LogP contribution in [0.15, 0.2) is 65.7 Å². The Morgan fingerprint density at radius 3 is 2.38 bits per heavy atom. The lowest BCUT2D eigenvalue weighted by Crippen LogP contribution is -2.42. The lowest BCUT2D eigenvalue weighted by molar-refractivity contribution is -0.632. The molecule has 0 aliphatic rings. The fourth-order valence-electron chi connectivity index (χ4n) is 4.92. The third-order valence-corrected chi connectivity index (χ3v) is 6.92. The van der Waals surface area contributed by atoms with Crippen molar-refractivity contribution in [2.75, 3.05) is 24.6 Å². The normalized spacial score (nSPS) is 11.6. The van der Waals surface area contributed by atoms with E-state index in [-0.39, 0.29) is 37.8 Å². The minimum atomic E-state index is -1.16. The molecule has 3 aromatic carbocycles. The monoisotopic (exact) mass is 571 g/mol. The fourth-order valence-corrected chi connectivity index (χ4v) is 4.92. The van der Waals surface area contributed by atoms with Gasteiger partial charge in [0.1, 0.15) is 13.1 Å². The Kier molecular flexibility index (Phi) is 9.05. The molecule has 4 aromatic rings. The van der Waals surface area contributed by atoms with Gasteiger partial charge in [-0.05, 0) is 55.3 Å². The van der Waals surface area contributed by atoms with Gasteiger partial charge in [0.15, 0.2) is 5.96 Å². The van der Waals surface area contributed by atoms with Crippen LogP contribution in [0.25, 0.3) is 32.9 Å². The van der Waals surface area contributed by atoms with Crippen molar-refractivity contribution in [1.29, 1.82) is 0 Å². The molecule has 0 spiro atoms. The van der Waals surface area contributed by atoms with Gasteiger partial charge in [-0.15, -0.1) is 0 Å². The number of aryl methyl sites for hydroxylation is 1. The van der Waals surface area contributed by atoms with Crippen molar-refractivity contribution in [3.8, 4) is 11.3 Å². The number of fused-ring (bicyclic) bond motifs is 3. The minimum absolute atomic E-state index is 0.0255. The van der Waals surface area contributed by atoms with E-state index < -0.39 is 17.9 Å². The van der Waals surface area contributed by atoms with Crippen LogP contribution < -0.4 is 38.1 Å². The first-order valence-electron chi connectivity index (χ1n) is 13.4. The van der Waals surface area contributed by atoms with Crippen LogP contribution in [0.4, 0.5) is 11.4 Å². The molecule has 0 fully saturated rings. The van der Waals surface area contributed by atoms with E-state index in [1.54, 1.807) is 18.2 Å². The highest BCUT2D eigenvalue weighted by Crippen LogP contribution is 2.33. The summed E-state index contributed by atoms with van der Waals surface area (Å²) in [5.74, 6) is -2.10. The van der Waals surface area contributed by atoms with E-state index in [4.69, 9.17) is 22.9 Å². The molecule has 11 N–H and O–H groups in total. The van der Waals surface area contributed by atoms with Crippen molar-refractivity contribution >= 4 is 56.8 Å². The van der Waals surface area contributed by atoms with Crippen LogP contribution in [-0.4, -0.2) is 48.0 Å². The summed E-state index contributed by atoms with van der Waals surface area (Å²) in [6.45, 7) is 0.281. The van der Waals surface area contributed by atoms with Gasteiger partial charge >= 0.3 is 5.97 Å². The highest BCUT2D eigenvalue weighted by molar-refractivity contribution is 6.10. The number of guanidine groups is 1. The molecule has 2 amide bonds. The van der Waals surface area contributed by atoms with Gasteiger partial charge in [-0.3, -0.25) is 14.6 Å². The zero-order valence-corrected chi connectivity index (χ0v) is 23.3.